The molecule has 0 spiro atoms. The molecule has 7 nitrogen and oxygen atoms in total. The van der Waals surface area contributed by atoms with Gasteiger partial charge in [0.15, 0.2) is 0 Å². The number of aryl methyl sites for hydroxylation is 4. The Morgan fingerprint density at radius 2 is 1.84 bits per heavy atom. The number of carbonyl (C=O) groups excluding carboxylic acids is 2. The summed E-state index contributed by atoms with van der Waals surface area (Å²) in [5.41, 5.74) is 6.98. The minimum absolute atomic E-state index is 0.376. The van der Waals surface area contributed by atoms with Crippen molar-refractivity contribution in [2.75, 3.05) is 0 Å². The highest BCUT2D eigenvalue weighted by Crippen LogP contribution is 2.31. The summed E-state index contributed by atoms with van der Waals surface area (Å²) in [5, 5.41) is 0.887. The lowest BCUT2D eigenvalue weighted by Gasteiger charge is -2.07. The largest absolute Gasteiger partial charge is 0.345 e. The Hall–Kier alpha value is -2.26. The van der Waals surface area contributed by atoms with E-state index in [0.29, 0.717) is 16.4 Å². The third kappa shape index (κ3) is 3.29. The second kappa shape index (κ2) is 6.57. The molecule has 3 heterocycles. The van der Waals surface area contributed by atoms with Crippen molar-refractivity contribution in [2.24, 2.45) is 7.05 Å². The number of nitrogens with one attached hydrogen (secondary N) is 2. The minimum Gasteiger partial charge on any atom is -0.345 e. The van der Waals surface area contributed by atoms with Crippen molar-refractivity contribution in [3.63, 3.8) is 0 Å². The van der Waals surface area contributed by atoms with Crippen molar-refractivity contribution in [1.82, 2.24) is 25.4 Å². The van der Waals surface area contributed by atoms with Crippen LogP contribution in [0.1, 0.15) is 37.2 Å². The molecular formula is C16H16BrN5O2S. The van der Waals surface area contributed by atoms with E-state index >= 15 is 0 Å². The number of rotatable bonds is 2. The van der Waals surface area contributed by atoms with Crippen molar-refractivity contribution in [2.45, 2.75) is 20.8 Å². The molecule has 3 rings (SSSR count). The molecule has 0 aliphatic carbocycles. The van der Waals surface area contributed by atoms with Gasteiger partial charge in [0.1, 0.15) is 16.3 Å². The standard InChI is InChI=1S/C16H16BrN5O2S/c1-7-12-8(2)18-9(3)19-16(12)25-13(7)15(24)21-20-14(23)11-5-10(17)6-22(11)4/h5-6H,1-4H3,(H,20,23)(H,21,24). The van der Waals surface area contributed by atoms with Gasteiger partial charge in [0.25, 0.3) is 11.8 Å². The molecule has 25 heavy (non-hydrogen) atoms. The maximum Gasteiger partial charge on any atom is 0.286 e. The molecule has 0 fully saturated rings. The van der Waals surface area contributed by atoms with Gasteiger partial charge in [-0.2, -0.15) is 0 Å². The summed E-state index contributed by atoms with van der Waals surface area (Å²) in [6.07, 6.45) is 1.76. The van der Waals surface area contributed by atoms with Crippen molar-refractivity contribution in [3.05, 3.63) is 44.4 Å². The molecule has 9 heteroatoms. The van der Waals surface area contributed by atoms with E-state index in [-0.39, 0.29) is 5.91 Å². The van der Waals surface area contributed by atoms with Crippen molar-refractivity contribution in [3.8, 4) is 0 Å². The summed E-state index contributed by atoms with van der Waals surface area (Å²) in [5.74, 6) is -0.105. The summed E-state index contributed by atoms with van der Waals surface area (Å²) in [4.78, 5) is 34.7. The minimum atomic E-state index is -0.396. The fourth-order valence-electron chi connectivity index (χ4n) is 2.67. The number of hydrogen-bond acceptors (Lipinski definition) is 5. The van der Waals surface area contributed by atoms with E-state index < -0.39 is 5.91 Å². The molecule has 0 radical (unpaired) electrons. The maximum absolute atomic E-state index is 12.5. The number of thiophene rings is 1. The third-order valence-corrected chi connectivity index (χ3v) is 5.40. The lowest BCUT2D eigenvalue weighted by atomic mass is 10.1. The van der Waals surface area contributed by atoms with Crippen LogP contribution < -0.4 is 10.9 Å². The van der Waals surface area contributed by atoms with Gasteiger partial charge in [-0.05, 0) is 48.3 Å². The van der Waals surface area contributed by atoms with E-state index in [0.717, 1.165) is 25.9 Å². The smallest absolute Gasteiger partial charge is 0.286 e. The third-order valence-electron chi connectivity index (χ3n) is 3.78. The second-order valence-corrected chi connectivity index (χ2v) is 7.57. The van der Waals surface area contributed by atoms with E-state index in [1.165, 1.54) is 11.3 Å². The molecule has 3 aromatic heterocycles. The zero-order chi connectivity index (χ0) is 18.3. The first-order valence-electron chi connectivity index (χ1n) is 7.44. The first-order chi connectivity index (χ1) is 11.8. The summed E-state index contributed by atoms with van der Waals surface area (Å²) >= 11 is 4.60. The van der Waals surface area contributed by atoms with Crippen LogP contribution in [0.25, 0.3) is 10.2 Å². The molecule has 3 aromatic rings. The summed E-state index contributed by atoms with van der Waals surface area (Å²) in [6.45, 7) is 5.57. The number of nitrogens with zero attached hydrogens (tertiary/aromatic N) is 3. The molecule has 2 amide bonds. The van der Waals surface area contributed by atoms with E-state index in [1.54, 1.807) is 23.9 Å². The second-order valence-electron chi connectivity index (χ2n) is 5.66. The van der Waals surface area contributed by atoms with Crippen molar-refractivity contribution >= 4 is 49.3 Å². The average Bonchev–Trinajstić information content (AvgIpc) is 3.04. The SMILES string of the molecule is Cc1nc(C)c2c(C)c(C(=O)NNC(=O)c3cc(Br)cn3C)sc2n1. The highest BCUT2D eigenvalue weighted by molar-refractivity contribution is 9.10. The van der Waals surface area contributed by atoms with Crippen LogP contribution >= 0.6 is 27.3 Å². The van der Waals surface area contributed by atoms with Crippen LogP contribution in [0.3, 0.4) is 0 Å². The fraction of sp³-hybridized carbons (Fsp3) is 0.250. The highest BCUT2D eigenvalue weighted by atomic mass is 79.9. The van der Waals surface area contributed by atoms with E-state index in [4.69, 9.17) is 0 Å². The van der Waals surface area contributed by atoms with Gasteiger partial charge < -0.3 is 4.57 Å². The average molecular weight is 422 g/mol. The Morgan fingerprint density at radius 1 is 1.16 bits per heavy atom. The number of fused-ring (bicyclic) bond motifs is 1. The molecule has 130 valence electrons. The lowest BCUT2D eigenvalue weighted by Crippen LogP contribution is -2.42. The van der Waals surface area contributed by atoms with Gasteiger partial charge in [0.2, 0.25) is 0 Å². The molecule has 0 atom stereocenters. The zero-order valence-electron chi connectivity index (χ0n) is 14.1. The van der Waals surface area contributed by atoms with E-state index in [1.807, 2.05) is 20.8 Å². The van der Waals surface area contributed by atoms with Crippen molar-refractivity contribution in [1.29, 1.82) is 0 Å². The Balaban J connectivity index is 1.81. The summed E-state index contributed by atoms with van der Waals surface area (Å²) < 4.78 is 2.45. The molecule has 0 aromatic carbocycles. The molecule has 0 aliphatic heterocycles. The highest BCUT2D eigenvalue weighted by Gasteiger charge is 2.19. The van der Waals surface area contributed by atoms with E-state index in [9.17, 15) is 9.59 Å². The molecule has 0 aliphatic rings. The summed E-state index contributed by atoms with van der Waals surface area (Å²) in [6, 6.07) is 1.67. The van der Waals surface area contributed by atoms with Crippen LogP contribution in [-0.4, -0.2) is 26.3 Å². The normalized spacial score (nSPS) is 10.9. The molecular weight excluding hydrogens is 406 g/mol. The monoisotopic (exact) mass is 421 g/mol. The molecule has 0 bridgehead atoms. The Bertz CT molecular complexity index is 1010. The Morgan fingerprint density at radius 3 is 2.48 bits per heavy atom. The number of aromatic nitrogens is 3. The van der Waals surface area contributed by atoms with Gasteiger partial charge in [-0.15, -0.1) is 11.3 Å². The molecule has 0 saturated carbocycles. The van der Waals surface area contributed by atoms with Gasteiger partial charge in [0, 0.05) is 28.8 Å². The Labute approximate surface area is 156 Å². The first kappa shape index (κ1) is 17.6. The first-order valence-corrected chi connectivity index (χ1v) is 9.05. The van der Waals surface area contributed by atoms with Gasteiger partial charge in [0.05, 0.1) is 4.88 Å². The molecule has 0 saturated heterocycles. The fourth-order valence-corrected chi connectivity index (χ4v) is 4.37. The quantitative estimate of drug-likeness (QED) is 0.622. The van der Waals surface area contributed by atoms with Crippen LogP contribution in [-0.2, 0) is 7.05 Å². The number of halogens is 1. The van der Waals surface area contributed by atoms with Gasteiger partial charge in [-0.3, -0.25) is 20.4 Å². The van der Waals surface area contributed by atoms with Crippen LogP contribution in [0.4, 0.5) is 0 Å². The maximum atomic E-state index is 12.5. The van der Waals surface area contributed by atoms with Crippen LogP contribution in [0, 0.1) is 20.8 Å². The van der Waals surface area contributed by atoms with E-state index in [2.05, 4.69) is 36.7 Å². The van der Waals surface area contributed by atoms with Gasteiger partial charge in [-0.1, -0.05) is 0 Å². The predicted molar refractivity (Wildman–Crippen MR) is 99.7 cm³/mol. The van der Waals surface area contributed by atoms with Crippen LogP contribution in [0.5, 0.6) is 0 Å². The molecule has 0 unspecified atom stereocenters. The van der Waals surface area contributed by atoms with Crippen LogP contribution in [0.2, 0.25) is 0 Å². The molecule has 2 N–H and O–H groups in total. The predicted octanol–water partition coefficient (Wildman–Crippen LogP) is 2.79. The van der Waals surface area contributed by atoms with Gasteiger partial charge in [-0.25, -0.2) is 9.97 Å². The number of carbonyl (C=O) groups is 2. The lowest BCUT2D eigenvalue weighted by molar-refractivity contribution is 0.0844. The van der Waals surface area contributed by atoms with Crippen molar-refractivity contribution < 1.29 is 9.59 Å². The summed E-state index contributed by atoms with van der Waals surface area (Å²) in [7, 11) is 1.75. The van der Waals surface area contributed by atoms with Gasteiger partial charge >= 0.3 is 0 Å². The topological polar surface area (TPSA) is 88.9 Å². The Kier molecular flexibility index (Phi) is 4.61. The number of hydrazine groups is 1. The number of hydrogen-bond donors (Lipinski definition) is 2. The zero-order valence-corrected chi connectivity index (χ0v) is 16.5. The number of amides is 2. The van der Waals surface area contributed by atoms with Crippen LogP contribution in [0.15, 0.2) is 16.7 Å².